The third-order valence-corrected chi connectivity index (χ3v) is 13.6. The lowest BCUT2D eigenvalue weighted by Gasteiger charge is -2.49. The minimum Gasteiger partial charge on any atom is -0.166 e. The zero-order valence-electron chi connectivity index (χ0n) is 32.7. The molecule has 4 aliphatic rings. The summed E-state index contributed by atoms with van der Waals surface area (Å²) in [5, 5.41) is 0. The summed E-state index contributed by atoms with van der Waals surface area (Å²) in [7, 11) is 0. The molecule has 62 heavy (non-hydrogen) atoms. The molecule has 6 heteroatoms. The molecule has 0 unspecified atom stereocenters. The van der Waals surface area contributed by atoms with Crippen molar-refractivity contribution >= 4 is 12.2 Å². The predicted octanol–water partition coefficient (Wildman–Crippen LogP) is 15.2. The van der Waals surface area contributed by atoms with Gasteiger partial charge >= 0.3 is 12.4 Å². The molecular weight excluding hydrogens is 787 g/mol. The van der Waals surface area contributed by atoms with Crippen molar-refractivity contribution in [3.05, 3.63) is 249 Å². The van der Waals surface area contributed by atoms with Crippen molar-refractivity contribution in [1.29, 1.82) is 0 Å². The molecule has 4 aliphatic carbocycles. The Hall–Kier alpha value is -7.18. The van der Waals surface area contributed by atoms with Gasteiger partial charge in [0, 0.05) is 0 Å². The first-order chi connectivity index (χ1) is 30.0. The van der Waals surface area contributed by atoms with E-state index in [0.29, 0.717) is 11.1 Å². The first kappa shape index (κ1) is 36.7. The molecule has 2 spiro atoms. The molecule has 0 bridgehead atoms. The molecular formula is C56H32F6. The van der Waals surface area contributed by atoms with Crippen molar-refractivity contribution < 1.29 is 26.3 Å². The number of alkyl halides is 6. The van der Waals surface area contributed by atoms with E-state index in [9.17, 15) is 26.3 Å². The molecule has 0 aromatic heterocycles. The Labute approximate surface area is 353 Å². The number of benzene rings is 8. The first-order valence-corrected chi connectivity index (χ1v) is 20.5. The topological polar surface area (TPSA) is 0 Å². The van der Waals surface area contributed by atoms with Crippen molar-refractivity contribution in [3.8, 4) is 44.5 Å². The van der Waals surface area contributed by atoms with Crippen molar-refractivity contribution in [2.75, 3.05) is 0 Å². The van der Waals surface area contributed by atoms with Gasteiger partial charge in [-0.3, -0.25) is 0 Å². The van der Waals surface area contributed by atoms with Crippen LogP contribution < -0.4 is 0 Å². The van der Waals surface area contributed by atoms with Crippen molar-refractivity contribution in [2.45, 2.75) is 23.2 Å². The van der Waals surface area contributed by atoms with Gasteiger partial charge in [-0.1, -0.05) is 146 Å². The van der Waals surface area contributed by atoms with Crippen molar-refractivity contribution in [2.24, 2.45) is 0 Å². The Morgan fingerprint density at radius 3 is 0.887 bits per heavy atom. The SMILES string of the molecule is FC(F)(F)c1ccc(-c2ccc3c(c2)C2(C4=Cc5ccc(-c6ccc(C(F)(F)F)cc6)cc5C5(C4=C3)c3ccccc3-c3ccccc35)c3ccccc3-c3ccccc32)cc1. The average molecular weight is 819 g/mol. The summed E-state index contributed by atoms with van der Waals surface area (Å²) in [5.74, 6) is 0. The molecule has 0 N–H and O–H groups in total. The molecule has 0 heterocycles. The van der Waals surface area contributed by atoms with Gasteiger partial charge in [-0.15, -0.1) is 0 Å². The fraction of sp³-hybridized carbons (Fsp3) is 0.0714. The first-order valence-electron chi connectivity index (χ1n) is 20.5. The third-order valence-electron chi connectivity index (χ3n) is 13.6. The predicted molar refractivity (Wildman–Crippen MR) is 233 cm³/mol. The van der Waals surface area contributed by atoms with E-state index in [1.165, 1.54) is 0 Å². The zero-order chi connectivity index (χ0) is 42.2. The lowest BCUT2D eigenvalue weighted by atomic mass is 9.52. The van der Waals surface area contributed by atoms with Crippen LogP contribution in [0.25, 0.3) is 56.7 Å². The molecule has 12 rings (SSSR count). The maximum atomic E-state index is 13.7. The van der Waals surface area contributed by atoms with Gasteiger partial charge in [0.15, 0.2) is 0 Å². The van der Waals surface area contributed by atoms with Crippen LogP contribution >= 0.6 is 0 Å². The van der Waals surface area contributed by atoms with Gasteiger partial charge in [0.1, 0.15) is 0 Å². The van der Waals surface area contributed by atoms with E-state index in [1.807, 2.05) is 12.1 Å². The van der Waals surface area contributed by atoms with Gasteiger partial charge < -0.3 is 0 Å². The Bertz CT molecular complexity index is 2940. The number of hydrogen-bond donors (Lipinski definition) is 0. The van der Waals surface area contributed by atoms with Crippen molar-refractivity contribution in [1.82, 2.24) is 0 Å². The summed E-state index contributed by atoms with van der Waals surface area (Å²) in [4.78, 5) is 0. The van der Waals surface area contributed by atoms with Gasteiger partial charge in [0.25, 0.3) is 0 Å². The van der Waals surface area contributed by atoms with E-state index in [2.05, 4.69) is 133 Å². The lowest BCUT2D eigenvalue weighted by Crippen LogP contribution is -2.42. The molecule has 8 aromatic carbocycles. The van der Waals surface area contributed by atoms with Gasteiger partial charge in [0.2, 0.25) is 0 Å². The standard InChI is InChI=1S/C56H32F6/c57-55(58,59)39-25-21-33(22-26-39)35-17-19-37-32-52-51(53(49(37)29-35)45-13-5-1-9-41(45)42-10-2-6-14-46(42)53)31-38-20-18-36(34-23-27-40(28-24-34)56(60,61)62)30-50(38)54(52)47-15-7-3-11-43(47)44-12-4-8-16-48(44)54/h1-32H. The summed E-state index contributed by atoms with van der Waals surface area (Å²) in [6.07, 6.45) is -4.29. The van der Waals surface area contributed by atoms with Crippen LogP contribution in [0.4, 0.5) is 26.3 Å². The fourth-order valence-corrected chi connectivity index (χ4v) is 11.1. The highest BCUT2D eigenvalue weighted by atomic mass is 19.4. The Kier molecular flexibility index (Phi) is 7.50. The second kappa shape index (κ2) is 12.7. The van der Waals surface area contributed by atoms with E-state index >= 15 is 0 Å². The highest BCUT2D eigenvalue weighted by Gasteiger charge is 2.59. The van der Waals surface area contributed by atoms with Gasteiger partial charge in [-0.05, 0) is 149 Å². The van der Waals surface area contributed by atoms with E-state index in [-0.39, 0.29) is 0 Å². The highest BCUT2D eigenvalue weighted by molar-refractivity contribution is 6.00. The zero-order valence-corrected chi connectivity index (χ0v) is 32.7. The molecule has 298 valence electrons. The summed E-state index contributed by atoms with van der Waals surface area (Å²) in [5.41, 5.74) is 15.0. The maximum absolute atomic E-state index is 13.7. The van der Waals surface area contributed by atoms with E-state index in [0.717, 1.165) is 113 Å². The maximum Gasteiger partial charge on any atom is 0.416 e. The average Bonchev–Trinajstić information content (AvgIpc) is 3.75. The second-order valence-electron chi connectivity index (χ2n) is 16.6. The van der Waals surface area contributed by atoms with Crippen molar-refractivity contribution in [3.63, 3.8) is 0 Å². The third kappa shape index (κ3) is 4.86. The smallest absolute Gasteiger partial charge is 0.166 e. The molecule has 0 saturated carbocycles. The Balaban J connectivity index is 1.20. The summed E-state index contributed by atoms with van der Waals surface area (Å²) >= 11 is 0. The largest absolute Gasteiger partial charge is 0.416 e. The minimum absolute atomic E-state index is 0.680. The van der Waals surface area contributed by atoms with Gasteiger partial charge in [-0.2, -0.15) is 26.3 Å². The number of hydrogen-bond acceptors (Lipinski definition) is 0. The Morgan fingerprint density at radius 2 is 0.581 bits per heavy atom. The minimum atomic E-state index is -4.45. The van der Waals surface area contributed by atoms with E-state index in [1.54, 1.807) is 24.3 Å². The van der Waals surface area contributed by atoms with Crippen LogP contribution in [0.1, 0.15) is 55.6 Å². The summed E-state index contributed by atoms with van der Waals surface area (Å²) < 4.78 is 82.3. The molecule has 0 saturated heterocycles. The van der Waals surface area contributed by atoms with E-state index < -0.39 is 34.3 Å². The molecule has 0 aliphatic heterocycles. The molecule has 8 aromatic rings. The number of fused-ring (bicyclic) bond motifs is 17. The fourth-order valence-electron chi connectivity index (χ4n) is 11.1. The number of halogens is 6. The monoisotopic (exact) mass is 818 g/mol. The summed E-state index contributed by atoms with van der Waals surface area (Å²) in [6, 6.07) is 57.3. The summed E-state index contributed by atoms with van der Waals surface area (Å²) in [6.45, 7) is 0. The lowest BCUT2D eigenvalue weighted by molar-refractivity contribution is -0.138. The van der Waals surface area contributed by atoms with E-state index in [4.69, 9.17) is 0 Å². The molecule has 0 nitrogen and oxygen atoms in total. The molecule has 0 fully saturated rings. The highest BCUT2D eigenvalue weighted by Crippen LogP contribution is 2.69. The quantitative estimate of drug-likeness (QED) is 0.152. The van der Waals surface area contributed by atoms with Crippen LogP contribution in [0.15, 0.2) is 193 Å². The van der Waals surface area contributed by atoms with Crippen LogP contribution in [0.2, 0.25) is 0 Å². The Morgan fingerprint density at radius 1 is 0.290 bits per heavy atom. The van der Waals surface area contributed by atoms with Crippen LogP contribution in [-0.2, 0) is 23.2 Å². The molecule has 0 radical (unpaired) electrons. The van der Waals surface area contributed by atoms with Crippen LogP contribution in [0.5, 0.6) is 0 Å². The van der Waals surface area contributed by atoms with Crippen LogP contribution in [-0.4, -0.2) is 0 Å². The second-order valence-corrected chi connectivity index (χ2v) is 16.6. The number of allylic oxidation sites excluding steroid dienone is 2. The van der Waals surface area contributed by atoms with Gasteiger partial charge in [0.05, 0.1) is 22.0 Å². The molecule has 0 amide bonds. The molecule has 0 atom stereocenters. The number of rotatable bonds is 2. The van der Waals surface area contributed by atoms with Crippen LogP contribution in [0.3, 0.4) is 0 Å². The van der Waals surface area contributed by atoms with Gasteiger partial charge in [-0.25, -0.2) is 0 Å². The normalized spacial score (nSPS) is 15.7. The van der Waals surface area contributed by atoms with Crippen LogP contribution in [0, 0.1) is 0 Å².